The fraction of sp³-hybridized carbons (Fsp3) is 0.588. The highest BCUT2D eigenvalue weighted by Gasteiger charge is 2.23. The molecule has 9 nitrogen and oxygen atoms in total. The average molecular weight is 371 g/mol. The summed E-state index contributed by atoms with van der Waals surface area (Å²) in [6, 6.07) is 2.49. The summed E-state index contributed by atoms with van der Waals surface area (Å²) in [5.74, 6) is -0.335. The van der Waals surface area contributed by atoms with Crippen LogP contribution in [-0.2, 0) is 14.3 Å². The monoisotopic (exact) mass is 371 g/mol. The molecule has 0 saturated heterocycles. The molecule has 0 bridgehead atoms. The average Bonchev–Trinajstić information content (AvgIpc) is 2.55. The smallest absolute Gasteiger partial charge is 0.344 e. The summed E-state index contributed by atoms with van der Waals surface area (Å²) in [5.41, 5.74) is -0.966. The van der Waals surface area contributed by atoms with Crippen molar-refractivity contribution in [2.24, 2.45) is 0 Å². The molecule has 1 aromatic carbocycles. The topological polar surface area (TPSA) is 106 Å². The molecule has 0 unspecified atom stereocenters. The molecule has 0 spiro atoms. The standard InChI is InChI=1S/C17H25NO8/c1-6-23-7-8-24-15-10-13(22-5)12(18(20)21)9-14(15)25-11-16(19)26-17(2,3)4/h9-10H,6-8,11H2,1-5H3. The van der Waals surface area contributed by atoms with E-state index in [1.165, 1.54) is 13.2 Å². The van der Waals surface area contributed by atoms with Crippen LogP contribution >= 0.6 is 0 Å². The van der Waals surface area contributed by atoms with Gasteiger partial charge < -0.3 is 23.7 Å². The normalized spacial score (nSPS) is 11.0. The second-order valence-electron chi connectivity index (χ2n) is 6.15. The molecule has 0 N–H and O–H groups in total. The van der Waals surface area contributed by atoms with Crippen molar-refractivity contribution in [2.75, 3.05) is 33.5 Å². The second kappa shape index (κ2) is 9.81. The summed E-state index contributed by atoms with van der Waals surface area (Å²) >= 11 is 0. The zero-order valence-corrected chi connectivity index (χ0v) is 15.7. The Kier molecular flexibility index (Phi) is 8.11. The van der Waals surface area contributed by atoms with Gasteiger partial charge in [-0.25, -0.2) is 4.79 Å². The van der Waals surface area contributed by atoms with Gasteiger partial charge in [-0.1, -0.05) is 0 Å². The van der Waals surface area contributed by atoms with Gasteiger partial charge in [0, 0.05) is 12.7 Å². The number of ether oxygens (including phenoxy) is 5. The van der Waals surface area contributed by atoms with E-state index in [1.54, 1.807) is 20.8 Å². The van der Waals surface area contributed by atoms with E-state index in [9.17, 15) is 14.9 Å². The van der Waals surface area contributed by atoms with Crippen molar-refractivity contribution in [1.82, 2.24) is 0 Å². The molecule has 0 aliphatic carbocycles. The number of hydrogen-bond acceptors (Lipinski definition) is 8. The zero-order valence-electron chi connectivity index (χ0n) is 15.7. The number of carbonyl (C=O) groups is 1. The van der Waals surface area contributed by atoms with Crippen LogP contribution in [0, 0.1) is 10.1 Å². The van der Waals surface area contributed by atoms with E-state index < -0.39 is 23.1 Å². The van der Waals surface area contributed by atoms with Crippen molar-refractivity contribution in [3.8, 4) is 17.2 Å². The summed E-state index contributed by atoms with van der Waals surface area (Å²) < 4.78 is 26.3. The molecule has 0 fully saturated rings. The molecule has 0 aliphatic heterocycles. The number of rotatable bonds is 10. The molecule has 0 heterocycles. The lowest BCUT2D eigenvalue weighted by Crippen LogP contribution is -2.27. The molecule has 0 aromatic heterocycles. The van der Waals surface area contributed by atoms with E-state index in [4.69, 9.17) is 23.7 Å². The van der Waals surface area contributed by atoms with E-state index in [1.807, 2.05) is 6.92 Å². The highest BCUT2D eigenvalue weighted by molar-refractivity contribution is 5.72. The Morgan fingerprint density at radius 2 is 1.77 bits per heavy atom. The number of carbonyl (C=O) groups excluding carboxylic acids is 1. The summed E-state index contributed by atoms with van der Waals surface area (Å²) in [5, 5.41) is 11.2. The lowest BCUT2D eigenvalue weighted by Gasteiger charge is -2.20. The third kappa shape index (κ3) is 7.14. The quantitative estimate of drug-likeness (QED) is 0.267. The summed E-state index contributed by atoms with van der Waals surface area (Å²) in [6.07, 6.45) is 0. The molecule has 146 valence electrons. The van der Waals surface area contributed by atoms with E-state index in [-0.39, 0.29) is 29.5 Å². The molecule has 1 aromatic rings. The molecular weight excluding hydrogens is 346 g/mol. The molecular formula is C17H25NO8. The van der Waals surface area contributed by atoms with Crippen LogP contribution in [0.25, 0.3) is 0 Å². The van der Waals surface area contributed by atoms with Gasteiger partial charge in [0.1, 0.15) is 12.2 Å². The Bertz CT molecular complexity index is 624. The van der Waals surface area contributed by atoms with Gasteiger partial charge >= 0.3 is 11.7 Å². The number of nitro groups is 1. The Morgan fingerprint density at radius 1 is 1.12 bits per heavy atom. The summed E-state index contributed by atoms with van der Waals surface area (Å²) in [6.45, 7) is 7.70. The molecule has 0 atom stereocenters. The van der Waals surface area contributed by atoms with Gasteiger partial charge in [-0.3, -0.25) is 10.1 Å². The number of esters is 1. The van der Waals surface area contributed by atoms with Crippen molar-refractivity contribution in [2.45, 2.75) is 33.3 Å². The van der Waals surface area contributed by atoms with Crippen molar-refractivity contribution >= 4 is 11.7 Å². The van der Waals surface area contributed by atoms with Crippen molar-refractivity contribution in [3.05, 3.63) is 22.2 Å². The van der Waals surface area contributed by atoms with Gasteiger partial charge in [0.05, 0.1) is 24.7 Å². The second-order valence-corrected chi connectivity index (χ2v) is 6.15. The van der Waals surface area contributed by atoms with Crippen molar-refractivity contribution in [1.29, 1.82) is 0 Å². The van der Waals surface area contributed by atoms with Crippen molar-refractivity contribution < 1.29 is 33.4 Å². The first-order chi connectivity index (χ1) is 12.2. The maximum Gasteiger partial charge on any atom is 0.344 e. The highest BCUT2D eigenvalue weighted by Crippen LogP contribution is 2.39. The SMILES string of the molecule is CCOCCOc1cc(OC)c([N+](=O)[O-])cc1OCC(=O)OC(C)(C)C. The van der Waals surface area contributed by atoms with E-state index >= 15 is 0 Å². The van der Waals surface area contributed by atoms with Crippen LogP contribution in [0.5, 0.6) is 17.2 Å². The van der Waals surface area contributed by atoms with Crippen LogP contribution in [0.2, 0.25) is 0 Å². The first-order valence-corrected chi connectivity index (χ1v) is 8.09. The minimum absolute atomic E-state index is 0.0195. The first-order valence-electron chi connectivity index (χ1n) is 8.09. The number of methoxy groups -OCH3 is 1. The highest BCUT2D eigenvalue weighted by atomic mass is 16.6. The Balaban J connectivity index is 2.98. The minimum Gasteiger partial charge on any atom is -0.490 e. The van der Waals surface area contributed by atoms with E-state index in [2.05, 4.69) is 0 Å². The number of hydrogen-bond donors (Lipinski definition) is 0. The third-order valence-corrected chi connectivity index (χ3v) is 2.90. The van der Waals surface area contributed by atoms with Gasteiger partial charge in [-0.15, -0.1) is 0 Å². The predicted octanol–water partition coefficient (Wildman–Crippen LogP) is 2.74. The van der Waals surface area contributed by atoms with Crippen LogP contribution in [0.1, 0.15) is 27.7 Å². The van der Waals surface area contributed by atoms with Crippen LogP contribution in [0.15, 0.2) is 12.1 Å². The Hall–Kier alpha value is -2.55. The van der Waals surface area contributed by atoms with Gasteiger partial charge in [0.2, 0.25) is 5.75 Å². The molecule has 26 heavy (non-hydrogen) atoms. The summed E-state index contributed by atoms with van der Waals surface area (Å²) in [4.78, 5) is 22.4. The maximum absolute atomic E-state index is 11.8. The molecule has 1 rings (SSSR count). The van der Waals surface area contributed by atoms with Gasteiger partial charge in [0.25, 0.3) is 0 Å². The Morgan fingerprint density at radius 3 is 2.31 bits per heavy atom. The predicted molar refractivity (Wildman–Crippen MR) is 93.0 cm³/mol. The molecule has 0 saturated carbocycles. The minimum atomic E-state index is -0.664. The zero-order chi connectivity index (χ0) is 19.7. The van der Waals surface area contributed by atoms with Gasteiger partial charge in [-0.2, -0.15) is 0 Å². The van der Waals surface area contributed by atoms with Crippen LogP contribution in [0.4, 0.5) is 5.69 Å². The molecule has 0 aliphatic rings. The van der Waals surface area contributed by atoms with Crippen molar-refractivity contribution in [3.63, 3.8) is 0 Å². The fourth-order valence-corrected chi connectivity index (χ4v) is 1.92. The largest absolute Gasteiger partial charge is 0.490 e. The molecule has 0 amide bonds. The lowest BCUT2D eigenvalue weighted by atomic mass is 10.2. The van der Waals surface area contributed by atoms with Crippen LogP contribution in [0.3, 0.4) is 0 Å². The maximum atomic E-state index is 11.8. The third-order valence-electron chi connectivity index (χ3n) is 2.90. The van der Waals surface area contributed by atoms with Crippen LogP contribution < -0.4 is 14.2 Å². The number of benzene rings is 1. The van der Waals surface area contributed by atoms with E-state index in [0.29, 0.717) is 13.2 Å². The first kappa shape index (κ1) is 21.5. The lowest BCUT2D eigenvalue weighted by molar-refractivity contribution is -0.385. The molecule has 9 heteroatoms. The Labute approximate surface area is 152 Å². The van der Waals surface area contributed by atoms with Gasteiger partial charge in [-0.05, 0) is 27.7 Å². The van der Waals surface area contributed by atoms with E-state index in [0.717, 1.165) is 6.07 Å². The number of nitrogens with zero attached hydrogens (tertiary/aromatic N) is 1. The fourth-order valence-electron chi connectivity index (χ4n) is 1.92. The van der Waals surface area contributed by atoms with Crippen LogP contribution in [-0.4, -0.2) is 50.0 Å². The number of nitro benzene ring substituents is 1. The summed E-state index contributed by atoms with van der Waals surface area (Å²) in [7, 11) is 1.31. The molecule has 0 radical (unpaired) electrons. The van der Waals surface area contributed by atoms with Gasteiger partial charge in [0.15, 0.2) is 18.1 Å².